The Kier molecular flexibility index (Phi) is 3.24. The fraction of sp³-hybridized carbons (Fsp3) is 0.455. The average Bonchev–Trinajstić information content (AvgIpc) is 2.65. The number of hydrogen-bond donors (Lipinski definition) is 1. The molecule has 0 saturated carbocycles. The van der Waals surface area contributed by atoms with Crippen LogP contribution in [0.15, 0.2) is 24.3 Å². The zero-order chi connectivity index (χ0) is 11.5. The lowest BCUT2D eigenvalue weighted by molar-refractivity contribution is -0.0495. The van der Waals surface area contributed by atoms with E-state index in [0.717, 1.165) is 13.0 Å². The Morgan fingerprint density at radius 1 is 1.38 bits per heavy atom. The van der Waals surface area contributed by atoms with Gasteiger partial charge >= 0.3 is 6.61 Å². The number of alkyl halides is 2. The van der Waals surface area contributed by atoms with Crippen LogP contribution < -0.4 is 15.4 Å². The monoisotopic (exact) mass is 228 g/mol. The molecular weight excluding hydrogens is 214 g/mol. The minimum atomic E-state index is -2.79. The highest BCUT2D eigenvalue weighted by Crippen LogP contribution is 2.31. The van der Waals surface area contributed by atoms with Gasteiger partial charge in [0.15, 0.2) is 0 Å². The first-order valence-electron chi connectivity index (χ1n) is 5.21. The molecule has 16 heavy (non-hydrogen) atoms. The van der Waals surface area contributed by atoms with E-state index in [-0.39, 0.29) is 11.8 Å². The number of benzene rings is 1. The molecule has 1 fully saturated rings. The Morgan fingerprint density at radius 3 is 2.75 bits per heavy atom. The minimum absolute atomic E-state index is 0.111. The second-order valence-corrected chi connectivity index (χ2v) is 3.84. The van der Waals surface area contributed by atoms with Crippen LogP contribution in [-0.2, 0) is 0 Å². The summed E-state index contributed by atoms with van der Waals surface area (Å²) in [5, 5.41) is 0. The summed E-state index contributed by atoms with van der Waals surface area (Å²) in [5.74, 6) is 0.214. The number of nitrogens with zero attached hydrogens (tertiary/aromatic N) is 1. The van der Waals surface area contributed by atoms with Crippen LogP contribution in [0.1, 0.15) is 6.42 Å². The topological polar surface area (TPSA) is 38.5 Å². The largest absolute Gasteiger partial charge is 0.433 e. The predicted molar refractivity (Wildman–Crippen MR) is 57.9 cm³/mol. The van der Waals surface area contributed by atoms with Crippen molar-refractivity contribution in [2.75, 3.05) is 18.0 Å². The molecule has 88 valence electrons. The van der Waals surface area contributed by atoms with Crippen LogP contribution in [-0.4, -0.2) is 25.7 Å². The van der Waals surface area contributed by atoms with Crippen molar-refractivity contribution >= 4 is 5.69 Å². The van der Waals surface area contributed by atoms with Crippen LogP contribution in [0.3, 0.4) is 0 Å². The van der Waals surface area contributed by atoms with Crippen molar-refractivity contribution in [3.05, 3.63) is 24.3 Å². The summed E-state index contributed by atoms with van der Waals surface area (Å²) < 4.78 is 28.9. The first kappa shape index (κ1) is 11.1. The molecule has 1 saturated heterocycles. The number of rotatable bonds is 3. The van der Waals surface area contributed by atoms with E-state index in [9.17, 15) is 8.78 Å². The Morgan fingerprint density at radius 2 is 2.12 bits per heavy atom. The van der Waals surface area contributed by atoms with E-state index in [0.29, 0.717) is 12.2 Å². The van der Waals surface area contributed by atoms with Crippen molar-refractivity contribution in [3.63, 3.8) is 0 Å². The van der Waals surface area contributed by atoms with Crippen LogP contribution in [0.5, 0.6) is 5.75 Å². The molecule has 0 spiro atoms. The number of halogens is 2. The van der Waals surface area contributed by atoms with E-state index < -0.39 is 6.61 Å². The Hall–Kier alpha value is -1.36. The van der Waals surface area contributed by atoms with Crippen molar-refractivity contribution in [2.24, 2.45) is 5.73 Å². The second kappa shape index (κ2) is 4.65. The number of anilines is 1. The van der Waals surface area contributed by atoms with Crippen molar-refractivity contribution in [1.82, 2.24) is 0 Å². The maximum atomic E-state index is 12.2. The first-order chi connectivity index (χ1) is 7.66. The molecule has 0 radical (unpaired) electrons. The average molecular weight is 228 g/mol. The molecular formula is C11H14F2N2O. The minimum Gasteiger partial charge on any atom is -0.433 e. The summed E-state index contributed by atoms with van der Waals surface area (Å²) in [7, 11) is 0. The third kappa shape index (κ3) is 2.41. The van der Waals surface area contributed by atoms with Gasteiger partial charge in [0, 0.05) is 19.1 Å². The van der Waals surface area contributed by atoms with Crippen LogP contribution in [0, 0.1) is 0 Å². The third-order valence-corrected chi connectivity index (χ3v) is 2.65. The number of para-hydroxylation sites is 2. The van der Waals surface area contributed by atoms with Gasteiger partial charge in [-0.2, -0.15) is 8.78 Å². The highest BCUT2D eigenvalue weighted by Gasteiger charge is 2.22. The summed E-state index contributed by atoms with van der Waals surface area (Å²) in [6, 6.07) is 6.91. The molecule has 3 nitrogen and oxygen atoms in total. The normalized spacial score (nSPS) is 20.5. The summed E-state index contributed by atoms with van der Waals surface area (Å²) in [5.41, 5.74) is 6.47. The van der Waals surface area contributed by atoms with Gasteiger partial charge in [-0.05, 0) is 18.6 Å². The maximum absolute atomic E-state index is 12.2. The van der Waals surface area contributed by atoms with Crippen molar-refractivity contribution in [3.8, 4) is 5.75 Å². The van der Waals surface area contributed by atoms with Crippen LogP contribution in [0.2, 0.25) is 0 Å². The number of nitrogens with two attached hydrogens (primary N) is 1. The van der Waals surface area contributed by atoms with E-state index >= 15 is 0 Å². The molecule has 0 aromatic heterocycles. The van der Waals surface area contributed by atoms with Gasteiger partial charge in [-0.15, -0.1) is 0 Å². The second-order valence-electron chi connectivity index (χ2n) is 3.84. The number of ether oxygens (including phenoxy) is 1. The number of hydrogen-bond acceptors (Lipinski definition) is 3. The molecule has 5 heteroatoms. The third-order valence-electron chi connectivity index (χ3n) is 2.65. The van der Waals surface area contributed by atoms with Gasteiger partial charge < -0.3 is 15.4 Å². The quantitative estimate of drug-likeness (QED) is 0.857. The molecule has 0 amide bonds. The Labute approximate surface area is 92.8 Å². The smallest absolute Gasteiger partial charge is 0.387 e. The first-order valence-corrected chi connectivity index (χ1v) is 5.21. The van der Waals surface area contributed by atoms with Crippen molar-refractivity contribution in [2.45, 2.75) is 19.1 Å². The molecule has 2 rings (SSSR count). The fourth-order valence-electron chi connectivity index (χ4n) is 1.92. The predicted octanol–water partition coefficient (Wildman–Crippen LogP) is 1.83. The van der Waals surface area contributed by atoms with Crippen LogP contribution in [0.25, 0.3) is 0 Å². The summed E-state index contributed by atoms with van der Waals surface area (Å²) in [6.45, 7) is -1.33. The molecule has 1 heterocycles. The van der Waals surface area contributed by atoms with Crippen LogP contribution >= 0.6 is 0 Å². The van der Waals surface area contributed by atoms with Gasteiger partial charge in [0.25, 0.3) is 0 Å². The van der Waals surface area contributed by atoms with E-state index in [1.54, 1.807) is 24.3 Å². The Bertz CT molecular complexity index is 360. The van der Waals surface area contributed by atoms with Crippen LogP contribution in [0.4, 0.5) is 14.5 Å². The molecule has 1 atom stereocenters. The molecule has 0 bridgehead atoms. The summed E-state index contributed by atoms with van der Waals surface area (Å²) in [4.78, 5) is 1.97. The molecule has 1 aromatic rings. The van der Waals surface area contributed by atoms with Gasteiger partial charge in [0.05, 0.1) is 5.69 Å². The van der Waals surface area contributed by atoms with Gasteiger partial charge in [-0.25, -0.2) is 0 Å². The van der Waals surface area contributed by atoms with E-state index in [2.05, 4.69) is 4.74 Å². The molecule has 1 aliphatic heterocycles. The summed E-state index contributed by atoms with van der Waals surface area (Å²) in [6.07, 6.45) is 0.878. The SMILES string of the molecule is N[C@@H]1CCN(c2ccccc2OC(F)F)C1. The molecule has 1 aliphatic rings. The van der Waals surface area contributed by atoms with E-state index in [1.807, 2.05) is 4.90 Å². The molecule has 2 N–H and O–H groups in total. The van der Waals surface area contributed by atoms with Gasteiger partial charge in [0.2, 0.25) is 0 Å². The standard InChI is InChI=1S/C11H14F2N2O/c12-11(13)16-10-4-2-1-3-9(10)15-6-5-8(14)7-15/h1-4,8,11H,5-7,14H2/t8-/m1/s1. The van der Waals surface area contributed by atoms with Crippen molar-refractivity contribution < 1.29 is 13.5 Å². The fourth-order valence-corrected chi connectivity index (χ4v) is 1.92. The highest BCUT2D eigenvalue weighted by atomic mass is 19.3. The lowest BCUT2D eigenvalue weighted by atomic mass is 10.2. The zero-order valence-electron chi connectivity index (χ0n) is 8.77. The highest BCUT2D eigenvalue weighted by molar-refractivity contribution is 5.59. The lowest BCUT2D eigenvalue weighted by Gasteiger charge is -2.21. The summed E-state index contributed by atoms with van der Waals surface area (Å²) >= 11 is 0. The lowest BCUT2D eigenvalue weighted by Crippen LogP contribution is -2.26. The van der Waals surface area contributed by atoms with E-state index in [1.165, 1.54) is 0 Å². The molecule has 0 unspecified atom stereocenters. The van der Waals surface area contributed by atoms with E-state index in [4.69, 9.17) is 5.73 Å². The maximum Gasteiger partial charge on any atom is 0.387 e. The van der Waals surface area contributed by atoms with Gasteiger partial charge in [-0.3, -0.25) is 0 Å². The van der Waals surface area contributed by atoms with Gasteiger partial charge in [0.1, 0.15) is 5.75 Å². The molecule has 0 aliphatic carbocycles. The molecule has 1 aromatic carbocycles. The zero-order valence-corrected chi connectivity index (χ0v) is 8.77. The van der Waals surface area contributed by atoms with Gasteiger partial charge in [-0.1, -0.05) is 12.1 Å². The van der Waals surface area contributed by atoms with Crippen molar-refractivity contribution in [1.29, 1.82) is 0 Å². The Balaban J connectivity index is 2.19.